The average Bonchev–Trinajstić information content (AvgIpc) is 3.33. The summed E-state index contributed by atoms with van der Waals surface area (Å²) >= 11 is 1.70. The largest absolute Gasteiger partial charge is 0.376 e. The number of thioether (sulfide) groups is 1. The van der Waals surface area contributed by atoms with Crippen LogP contribution in [0.4, 0.5) is 0 Å². The van der Waals surface area contributed by atoms with E-state index in [0.29, 0.717) is 31.0 Å². The molecule has 0 radical (unpaired) electrons. The van der Waals surface area contributed by atoms with Crippen molar-refractivity contribution in [1.82, 2.24) is 0 Å². The van der Waals surface area contributed by atoms with Crippen LogP contribution in [0.1, 0.15) is 18.9 Å². The molecule has 0 amide bonds. The number of benzene rings is 4. The molecular weight excluding hydrogens is 505 g/mol. The molecule has 5 heteroatoms. The molecule has 4 aromatic carbocycles. The minimum absolute atomic E-state index is 0.323. The van der Waals surface area contributed by atoms with Crippen LogP contribution in [0, 0.1) is 5.92 Å². The van der Waals surface area contributed by atoms with Gasteiger partial charge in [0, 0.05) is 13.0 Å². The first-order valence-electron chi connectivity index (χ1n) is 13.2. The fourth-order valence-electron chi connectivity index (χ4n) is 5.14. The highest BCUT2D eigenvalue weighted by atomic mass is 32.2. The van der Waals surface area contributed by atoms with Crippen molar-refractivity contribution < 1.29 is 9.84 Å². The summed E-state index contributed by atoms with van der Waals surface area (Å²) in [7, 11) is -2.18. The van der Waals surface area contributed by atoms with Crippen LogP contribution < -0.4 is 15.9 Å². The van der Waals surface area contributed by atoms with E-state index in [-0.39, 0.29) is 0 Å². The minimum Gasteiger partial charge on any atom is -0.376 e. The monoisotopic (exact) mass is 540 g/mol. The van der Waals surface area contributed by atoms with E-state index in [1.54, 1.807) is 11.8 Å². The minimum atomic E-state index is -2.18. The molecule has 4 aromatic rings. The van der Waals surface area contributed by atoms with Crippen LogP contribution in [-0.2, 0) is 11.3 Å². The number of nitrogens with zero attached hydrogens (tertiary/aromatic N) is 1. The van der Waals surface area contributed by atoms with Gasteiger partial charge in [0.2, 0.25) is 5.72 Å². The molecule has 1 N–H and O–H groups in total. The van der Waals surface area contributed by atoms with Crippen LogP contribution in [-0.4, -0.2) is 34.4 Å². The molecule has 3 nitrogen and oxygen atoms in total. The zero-order valence-electron chi connectivity index (χ0n) is 21.8. The van der Waals surface area contributed by atoms with Gasteiger partial charge in [0.15, 0.2) is 0 Å². The van der Waals surface area contributed by atoms with E-state index in [2.05, 4.69) is 110 Å². The number of ether oxygens (including phenoxy) is 1. The van der Waals surface area contributed by atoms with Crippen molar-refractivity contribution in [3.63, 3.8) is 0 Å². The Balaban J connectivity index is 1.39. The zero-order chi connectivity index (χ0) is 26.3. The number of hydrogen-bond acceptors (Lipinski definition) is 4. The SMILES string of the molecule is C[C@@H](COCc1ccccc1)CC1=NC(O)(C[P+](c2ccccc2)(c2ccccc2)c2ccccc2)CS1. The van der Waals surface area contributed by atoms with Gasteiger partial charge < -0.3 is 9.84 Å². The number of rotatable bonds is 11. The van der Waals surface area contributed by atoms with Crippen LogP contribution in [0.5, 0.6) is 0 Å². The van der Waals surface area contributed by atoms with E-state index in [1.807, 2.05) is 18.2 Å². The van der Waals surface area contributed by atoms with Crippen LogP contribution in [0.25, 0.3) is 0 Å². The molecule has 194 valence electrons. The smallest absolute Gasteiger partial charge is 0.201 e. The summed E-state index contributed by atoms with van der Waals surface area (Å²) in [6, 6.07) is 42.4. The second kappa shape index (κ2) is 12.4. The van der Waals surface area contributed by atoms with Crippen molar-refractivity contribution in [2.75, 3.05) is 18.5 Å². The van der Waals surface area contributed by atoms with Gasteiger partial charge in [-0.3, -0.25) is 0 Å². The summed E-state index contributed by atoms with van der Waals surface area (Å²) in [6.07, 6.45) is 1.39. The van der Waals surface area contributed by atoms with Crippen molar-refractivity contribution in [2.45, 2.75) is 25.7 Å². The summed E-state index contributed by atoms with van der Waals surface area (Å²) in [5, 5.41) is 16.8. The Morgan fingerprint density at radius 1 is 0.789 bits per heavy atom. The molecule has 1 aliphatic rings. The van der Waals surface area contributed by atoms with Gasteiger partial charge in [-0.1, -0.05) is 91.9 Å². The average molecular weight is 541 g/mol. The van der Waals surface area contributed by atoms with E-state index < -0.39 is 13.0 Å². The van der Waals surface area contributed by atoms with E-state index in [1.165, 1.54) is 21.5 Å². The highest BCUT2D eigenvalue weighted by Gasteiger charge is 2.53. The van der Waals surface area contributed by atoms with Crippen molar-refractivity contribution in [1.29, 1.82) is 0 Å². The molecule has 0 spiro atoms. The van der Waals surface area contributed by atoms with Gasteiger partial charge in [-0.2, -0.15) is 0 Å². The van der Waals surface area contributed by atoms with Gasteiger partial charge in [0.05, 0.1) is 17.4 Å². The van der Waals surface area contributed by atoms with Gasteiger partial charge in [-0.15, -0.1) is 11.8 Å². The maximum Gasteiger partial charge on any atom is 0.201 e. The van der Waals surface area contributed by atoms with Gasteiger partial charge in [0.1, 0.15) is 29.3 Å². The van der Waals surface area contributed by atoms with E-state index in [9.17, 15) is 5.11 Å². The first kappa shape index (κ1) is 26.8. The Labute approximate surface area is 231 Å². The quantitative estimate of drug-likeness (QED) is 0.235. The van der Waals surface area contributed by atoms with Gasteiger partial charge >= 0.3 is 0 Å². The summed E-state index contributed by atoms with van der Waals surface area (Å²) < 4.78 is 5.98. The summed E-state index contributed by atoms with van der Waals surface area (Å²) in [6.45, 7) is 3.48. The number of aliphatic hydroxyl groups is 1. The lowest BCUT2D eigenvalue weighted by molar-refractivity contribution is 0.0929. The van der Waals surface area contributed by atoms with Crippen molar-refractivity contribution >= 4 is 40.0 Å². The topological polar surface area (TPSA) is 41.8 Å². The van der Waals surface area contributed by atoms with E-state index in [4.69, 9.17) is 9.73 Å². The van der Waals surface area contributed by atoms with Crippen molar-refractivity contribution in [3.8, 4) is 0 Å². The van der Waals surface area contributed by atoms with Crippen molar-refractivity contribution in [3.05, 3.63) is 127 Å². The fraction of sp³-hybridized carbons (Fsp3) is 0.242. The lowest BCUT2D eigenvalue weighted by Gasteiger charge is -2.32. The second-order valence-corrected chi connectivity index (χ2v) is 14.6. The standard InChI is InChI=1S/C33H35NO2PS/c1-27(23-36-24-28-14-6-2-7-15-28)22-32-34-33(35,26-38-32)25-37(29-16-8-3-9-17-29,30-18-10-4-11-19-30)31-20-12-5-13-21-31/h2-21,27,35H,22-26H2,1H3/q+1/t27-,33?/m1/s1. The van der Waals surface area contributed by atoms with Crippen LogP contribution in [0.2, 0.25) is 0 Å². The predicted octanol–water partition coefficient (Wildman–Crippen LogP) is 6.06. The Morgan fingerprint density at radius 2 is 1.26 bits per heavy atom. The Kier molecular flexibility index (Phi) is 8.76. The molecule has 1 unspecified atom stereocenters. The van der Waals surface area contributed by atoms with Gasteiger partial charge in [-0.25, -0.2) is 4.99 Å². The number of hydrogen-bond donors (Lipinski definition) is 1. The van der Waals surface area contributed by atoms with Crippen LogP contribution in [0.3, 0.4) is 0 Å². The van der Waals surface area contributed by atoms with Crippen molar-refractivity contribution in [2.24, 2.45) is 10.9 Å². The molecule has 38 heavy (non-hydrogen) atoms. The highest BCUT2D eigenvalue weighted by molar-refractivity contribution is 8.14. The Bertz CT molecular complexity index is 1220. The molecule has 0 saturated carbocycles. The Hall–Kier alpha value is -2.75. The normalized spacial score (nSPS) is 18.2. The van der Waals surface area contributed by atoms with Gasteiger partial charge in [0.25, 0.3) is 0 Å². The molecule has 5 rings (SSSR count). The maximum absolute atomic E-state index is 12.0. The molecule has 0 saturated heterocycles. The molecular formula is C33H35NO2PS+. The molecule has 0 bridgehead atoms. The molecule has 1 aliphatic heterocycles. The van der Waals surface area contributed by atoms with Crippen LogP contribution >= 0.6 is 19.0 Å². The number of aliphatic imine (C=N–C) groups is 1. The molecule has 1 heterocycles. The van der Waals surface area contributed by atoms with E-state index in [0.717, 1.165) is 11.5 Å². The molecule has 0 aromatic heterocycles. The summed E-state index contributed by atoms with van der Waals surface area (Å²) in [4.78, 5) is 4.99. The Morgan fingerprint density at radius 3 is 1.76 bits per heavy atom. The van der Waals surface area contributed by atoms with Gasteiger partial charge in [-0.05, 0) is 47.9 Å². The highest BCUT2D eigenvalue weighted by Crippen LogP contribution is 2.58. The second-order valence-electron chi connectivity index (χ2n) is 10.1. The third-order valence-corrected chi connectivity index (χ3v) is 12.6. The lowest BCUT2D eigenvalue weighted by atomic mass is 10.1. The van der Waals surface area contributed by atoms with E-state index >= 15 is 0 Å². The molecule has 0 aliphatic carbocycles. The summed E-state index contributed by atoms with van der Waals surface area (Å²) in [5.41, 5.74) is 0.0598. The zero-order valence-corrected chi connectivity index (χ0v) is 23.5. The third kappa shape index (κ3) is 6.27. The summed E-state index contributed by atoms with van der Waals surface area (Å²) in [5.74, 6) is 0.901. The third-order valence-electron chi connectivity index (χ3n) is 6.92. The molecule has 2 atom stereocenters. The predicted molar refractivity (Wildman–Crippen MR) is 165 cm³/mol. The first-order chi connectivity index (χ1) is 18.6. The molecule has 0 fully saturated rings. The maximum atomic E-state index is 12.0. The van der Waals surface area contributed by atoms with Crippen LogP contribution in [0.15, 0.2) is 126 Å². The first-order valence-corrected chi connectivity index (χ1v) is 16.1. The lowest BCUT2D eigenvalue weighted by Crippen LogP contribution is -2.43. The fourth-order valence-corrected chi connectivity index (χ4v) is 10.9.